The number of ketones is 2. The number of methoxy groups -OCH3 is 2. The van der Waals surface area contributed by atoms with Gasteiger partial charge in [0.1, 0.15) is 30.1 Å². The van der Waals surface area contributed by atoms with Crippen LogP contribution in [-0.2, 0) is 42.9 Å². The molecule has 4 aliphatic heterocycles. The van der Waals surface area contributed by atoms with Crippen LogP contribution < -0.4 is 0 Å². The summed E-state index contributed by atoms with van der Waals surface area (Å²) >= 11 is 0. The topological polar surface area (TPSA) is 178 Å². The smallest absolute Gasteiger partial charge is 0.329 e. The van der Waals surface area contributed by atoms with Crippen LogP contribution in [0.25, 0.3) is 0 Å². The molecule has 1 aliphatic carbocycles. The van der Waals surface area contributed by atoms with Crippen molar-refractivity contribution in [2.45, 2.75) is 186 Å². The minimum absolute atomic E-state index is 0.0877. The fraction of sp³-hybridized carbons (Fsp3) is 0.760. The van der Waals surface area contributed by atoms with E-state index in [1.54, 1.807) is 41.1 Å². The summed E-state index contributed by atoms with van der Waals surface area (Å²) in [5, 5.41) is 34.1. The fourth-order valence-electron chi connectivity index (χ4n) is 10.5. The van der Waals surface area contributed by atoms with Gasteiger partial charge in [-0.3, -0.25) is 14.4 Å². The summed E-state index contributed by atoms with van der Waals surface area (Å²) in [5.74, 6) is -6.51. The van der Waals surface area contributed by atoms with E-state index in [-0.39, 0.29) is 61.0 Å². The van der Waals surface area contributed by atoms with E-state index in [4.69, 9.17) is 23.7 Å². The number of aliphatic hydroxyl groups excluding tert-OH is 2. The zero-order valence-electron chi connectivity index (χ0n) is 39.3. The van der Waals surface area contributed by atoms with Gasteiger partial charge in [-0.25, -0.2) is 4.79 Å². The van der Waals surface area contributed by atoms with Gasteiger partial charge in [-0.15, -0.1) is 0 Å². The quantitative estimate of drug-likeness (QED) is 0.158. The van der Waals surface area contributed by atoms with E-state index in [0.29, 0.717) is 56.9 Å². The molecular formula is C50H77NO12. The summed E-state index contributed by atoms with van der Waals surface area (Å²) in [7, 11) is 3.14. The van der Waals surface area contributed by atoms with Crippen molar-refractivity contribution in [2.24, 2.45) is 35.5 Å². The first-order valence-corrected chi connectivity index (χ1v) is 23.6. The molecule has 0 aromatic heterocycles. The van der Waals surface area contributed by atoms with Crippen molar-refractivity contribution in [3.63, 3.8) is 0 Å². The van der Waals surface area contributed by atoms with E-state index in [1.165, 1.54) is 4.90 Å². The minimum atomic E-state index is -2.36. The Labute approximate surface area is 375 Å². The maximum atomic E-state index is 14.3. The van der Waals surface area contributed by atoms with Crippen molar-refractivity contribution in [2.75, 3.05) is 20.8 Å². The molecule has 5 rings (SSSR count). The molecule has 4 bridgehead atoms. The Balaban J connectivity index is 1.48. The lowest BCUT2D eigenvalue weighted by Crippen LogP contribution is -2.60. The van der Waals surface area contributed by atoms with Gasteiger partial charge in [0.15, 0.2) is 0 Å². The Kier molecular flexibility index (Phi) is 18.5. The Morgan fingerprint density at radius 3 is 2.38 bits per heavy atom. The number of amides is 1. The lowest BCUT2D eigenvalue weighted by atomic mass is 9.78. The number of piperidine rings is 1. The van der Waals surface area contributed by atoms with Gasteiger partial charge in [-0.2, -0.15) is 0 Å². The highest BCUT2D eigenvalue weighted by molar-refractivity contribution is 6.39. The first-order valence-electron chi connectivity index (χ1n) is 23.6. The summed E-state index contributed by atoms with van der Waals surface area (Å²) < 4.78 is 30.6. The first kappa shape index (κ1) is 51.0. The molecule has 0 radical (unpaired) electrons. The van der Waals surface area contributed by atoms with Crippen molar-refractivity contribution in [3.8, 4) is 0 Å². The normalized spacial score (nSPS) is 43.0. The van der Waals surface area contributed by atoms with Crippen molar-refractivity contribution in [1.29, 1.82) is 0 Å². The summed E-state index contributed by atoms with van der Waals surface area (Å²) in [4.78, 5) is 58.0. The van der Waals surface area contributed by atoms with Crippen LogP contribution in [0.2, 0.25) is 0 Å². The number of Topliss-reactive ketones (excluding diaryl/α,β-unsaturated/α-hetero) is 2. The SMILES string of the molecule is CO[C@H]1[C@H]2OC(\C=C/C=C\C(C)=C/C[C@@H]3CC[C@@H](C)[C@@](O)(O3)C(=O)C(=O)N3CCCC[C@H]3C(=O)O[C@H]([C@H](C)C[C@@H]3CC[C@@H](O)[C@H](OC)C3)CC(=O)[C@H](C)/C=C(/C)[C@H]1O)[C@@H](C)C[C@H]2C. The van der Waals surface area contributed by atoms with Gasteiger partial charge in [0.05, 0.1) is 30.5 Å². The van der Waals surface area contributed by atoms with Crippen molar-refractivity contribution in [1.82, 2.24) is 4.90 Å². The van der Waals surface area contributed by atoms with Crippen LogP contribution in [0.1, 0.15) is 126 Å². The van der Waals surface area contributed by atoms with Crippen LogP contribution in [-0.4, -0.2) is 125 Å². The summed E-state index contributed by atoms with van der Waals surface area (Å²) in [6, 6.07) is -1.09. The number of cyclic esters (lactones) is 1. The number of ether oxygens (including phenoxy) is 5. The Hall–Kier alpha value is -3.04. The summed E-state index contributed by atoms with van der Waals surface area (Å²) in [6.07, 6.45) is 13.1. The molecule has 3 saturated heterocycles. The van der Waals surface area contributed by atoms with Crippen LogP contribution in [0.3, 0.4) is 0 Å². The van der Waals surface area contributed by atoms with Gasteiger partial charge in [0, 0.05) is 39.0 Å². The first-order chi connectivity index (χ1) is 29.9. The van der Waals surface area contributed by atoms with Gasteiger partial charge in [0.25, 0.3) is 11.7 Å². The van der Waals surface area contributed by atoms with E-state index >= 15 is 0 Å². The maximum Gasteiger partial charge on any atom is 0.329 e. The number of esters is 1. The monoisotopic (exact) mass is 884 g/mol. The number of aliphatic hydroxyl groups is 3. The molecule has 3 N–H and O–H groups in total. The highest BCUT2D eigenvalue weighted by atomic mass is 16.6. The highest BCUT2D eigenvalue weighted by Crippen LogP contribution is 2.38. The molecule has 13 heteroatoms. The van der Waals surface area contributed by atoms with Gasteiger partial charge < -0.3 is 43.9 Å². The second kappa shape index (κ2) is 22.9. The third-order valence-electron chi connectivity index (χ3n) is 14.7. The van der Waals surface area contributed by atoms with Crippen LogP contribution in [0, 0.1) is 35.5 Å². The van der Waals surface area contributed by atoms with E-state index < -0.39 is 77.9 Å². The van der Waals surface area contributed by atoms with Crippen molar-refractivity contribution >= 4 is 23.4 Å². The lowest BCUT2D eigenvalue weighted by molar-refractivity contribution is -0.262. The number of hydrogen-bond donors (Lipinski definition) is 3. The number of allylic oxidation sites excluding steroid dienone is 5. The van der Waals surface area contributed by atoms with Crippen molar-refractivity contribution in [3.05, 3.63) is 47.6 Å². The molecule has 16 atom stereocenters. The molecule has 1 unspecified atom stereocenters. The maximum absolute atomic E-state index is 14.3. The minimum Gasteiger partial charge on any atom is -0.460 e. The van der Waals surface area contributed by atoms with Crippen molar-refractivity contribution < 1.29 is 58.2 Å². The molecule has 354 valence electrons. The summed E-state index contributed by atoms with van der Waals surface area (Å²) in [5.41, 5.74) is 1.51. The Morgan fingerprint density at radius 1 is 0.921 bits per heavy atom. The predicted molar refractivity (Wildman–Crippen MR) is 238 cm³/mol. The second-order valence-electron chi connectivity index (χ2n) is 19.7. The van der Waals surface area contributed by atoms with Crippen LogP contribution in [0.4, 0.5) is 0 Å². The zero-order chi connectivity index (χ0) is 46.2. The van der Waals surface area contributed by atoms with Gasteiger partial charge in [0.2, 0.25) is 5.79 Å². The molecule has 13 nitrogen and oxygen atoms in total. The number of rotatable bonds is 5. The van der Waals surface area contributed by atoms with Crippen LogP contribution in [0.15, 0.2) is 47.6 Å². The molecule has 63 heavy (non-hydrogen) atoms. The fourth-order valence-corrected chi connectivity index (χ4v) is 10.5. The van der Waals surface area contributed by atoms with Gasteiger partial charge in [-0.05, 0) is 114 Å². The molecule has 1 saturated carbocycles. The number of carbonyl (C=O) groups is 4. The molecule has 4 heterocycles. The number of carbonyl (C=O) groups excluding carboxylic acids is 4. The Bertz CT molecular complexity index is 1710. The third-order valence-corrected chi connectivity index (χ3v) is 14.7. The number of nitrogens with zero attached hydrogens (tertiary/aromatic N) is 1. The molecule has 4 fully saturated rings. The molecule has 0 aromatic rings. The average molecular weight is 884 g/mol. The van der Waals surface area contributed by atoms with E-state index in [2.05, 4.69) is 13.8 Å². The standard InChI is InChI=1S/C50H77NO12/c1-29-14-10-11-16-41-31(3)25-34(6)45(61-41)46(60-9)44(54)33(5)24-30(2)40(53)28-42(32(4)26-36-19-22-39(52)43(27-36)59-8)62-49(57)38-15-12-13-23-51(38)48(56)47(55)50(58)35(7)18-21-37(63-50)20-17-29/h10-11,14,16-17,24,30-32,34-39,41-46,52,54,58H,12-13,15,18-23,25-28H2,1-9H3/b14-10-,16-11-,29-17-,33-24-/t30-,31+,32-,34-,35-,36+,37-,38+,39-,41?,42+,43-,44-,45+,46-,50-/m1/s1. The molecule has 0 aromatic carbocycles. The van der Waals surface area contributed by atoms with Crippen LogP contribution >= 0.6 is 0 Å². The second-order valence-corrected chi connectivity index (χ2v) is 19.7. The molecule has 1 amide bonds. The molecule has 0 spiro atoms. The average Bonchev–Trinajstić information content (AvgIpc) is 3.26. The predicted octanol–water partition coefficient (Wildman–Crippen LogP) is 6.36. The summed E-state index contributed by atoms with van der Waals surface area (Å²) in [6.45, 7) is 13.5. The molecular weight excluding hydrogens is 807 g/mol. The largest absolute Gasteiger partial charge is 0.460 e. The highest BCUT2D eigenvalue weighted by Gasteiger charge is 2.53. The zero-order valence-corrected chi connectivity index (χ0v) is 39.3. The Morgan fingerprint density at radius 2 is 1.67 bits per heavy atom. The van der Waals surface area contributed by atoms with Crippen LogP contribution in [0.5, 0.6) is 0 Å². The number of hydrogen-bond acceptors (Lipinski definition) is 12. The van der Waals surface area contributed by atoms with E-state index in [0.717, 1.165) is 18.4 Å². The number of fused-ring (bicyclic) bond motifs is 5. The van der Waals surface area contributed by atoms with Gasteiger partial charge in [-0.1, -0.05) is 76.6 Å². The van der Waals surface area contributed by atoms with Gasteiger partial charge >= 0.3 is 5.97 Å². The van der Waals surface area contributed by atoms with E-state index in [9.17, 15) is 34.5 Å². The van der Waals surface area contributed by atoms with E-state index in [1.807, 2.05) is 44.2 Å². The lowest BCUT2D eigenvalue weighted by Gasteiger charge is -2.42. The molecule has 5 aliphatic rings. The third kappa shape index (κ3) is 12.7.